The first-order chi connectivity index (χ1) is 10.7. The van der Waals surface area contributed by atoms with Gasteiger partial charge in [-0.2, -0.15) is 0 Å². The Balaban J connectivity index is 2.08. The Labute approximate surface area is 137 Å². The standard InChI is InChI=1S/C18H25NO4/c1-12-6-5-7-13(8-12)9-14-10-15(16(20)21)19(11-14)17(22)23-18(2,3)4/h5-8,14-15H,9-11H2,1-4H3,(H,20,21). The van der Waals surface area contributed by atoms with Crippen LogP contribution in [-0.2, 0) is 16.0 Å². The summed E-state index contributed by atoms with van der Waals surface area (Å²) >= 11 is 0. The fourth-order valence-electron chi connectivity index (χ4n) is 3.00. The van der Waals surface area contributed by atoms with Gasteiger partial charge >= 0.3 is 12.1 Å². The lowest BCUT2D eigenvalue weighted by Gasteiger charge is -2.26. The molecule has 0 saturated carbocycles. The number of benzene rings is 1. The van der Waals surface area contributed by atoms with Crippen molar-refractivity contribution in [3.8, 4) is 0 Å². The van der Waals surface area contributed by atoms with Gasteiger partial charge < -0.3 is 9.84 Å². The second-order valence-electron chi connectivity index (χ2n) is 7.28. The van der Waals surface area contributed by atoms with E-state index in [4.69, 9.17) is 4.74 Å². The number of aryl methyl sites for hydroxylation is 1. The molecule has 2 atom stereocenters. The summed E-state index contributed by atoms with van der Waals surface area (Å²) in [6.45, 7) is 7.79. The Morgan fingerprint density at radius 1 is 1.35 bits per heavy atom. The maximum atomic E-state index is 12.3. The van der Waals surface area contributed by atoms with Gasteiger partial charge in [0.1, 0.15) is 11.6 Å². The Bertz CT molecular complexity index is 591. The number of hydrogen-bond acceptors (Lipinski definition) is 3. The van der Waals surface area contributed by atoms with E-state index >= 15 is 0 Å². The fraction of sp³-hybridized carbons (Fsp3) is 0.556. The van der Waals surface area contributed by atoms with Gasteiger partial charge in [-0.1, -0.05) is 29.8 Å². The summed E-state index contributed by atoms with van der Waals surface area (Å²) in [5, 5.41) is 9.41. The lowest BCUT2D eigenvalue weighted by Crippen LogP contribution is -2.43. The average Bonchev–Trinajstić information content (AvgIpc) is 2.81. The minimum Gasteiger partial charge on any atom is -0.480 e. The predicted molar refractivity (Wildman–Crippen MR) is 87.4 cm³/mol. The third-order valence-corrected chi connectivity index (χ3v) is 3.91. The van der Waals surface area contributed by atoms with E-state index in [9.17, 15) is 14.7 Å². The zero-order valence-corrected chi connectivity index (χ0v) is 14.2. The number of ether oxygens (including phenoxy) is 1. The topological polar surface area (TPSA) is 66.8 Å². The molecule has 1 saturated heterocycles. The van der Waals surface area contributed by atoms with Crippen LogP contribution in [0.25, 0.3) is 0 Å². The number of hydrogen-bond donors (Lipinski definition) is 1. The fourth-order valence-corrected chi connectivity index (χ4v) is 3.00. The third kappa shape index (κ3) is 4.71. The van der Waals surface area contributed by atoms with Gasteiger partial charge in [0.05, 0.1) is 0 Å². The second kappa shape index (κ2) is 6.60. The number of amides is 1. The van der Waals surface area contributed by atoms with E-state index in [1.54, 1.807) is 20.8 Å². The van der Waals surface area contributed by atoms with E-state index in [-0.39, 0.29) is 5.92 Å². The molecule has 1 aromatic carbocycles. The van der Waals surface area contributed by atoms with E-state index in [1.807, 2.05) is 25.1 Å². The first-order valence-electron chi connectivity index (χ1n) is 7.93. The molecule has 126 valence electrons. The molecular weight excluding hydrogens is 294 g/mol. The summed E-state index contributed by atoms with van der Waals surface area (Å²) in [5.41, 5.74) is 1.72. The lowest BCUT2D eigenvalue weighted by atomic mass is 9.96. The molecular formula is C18H25NO4. The molecule has 1 fully saturated rings. The van der Waals surface area contributed by atoms with Crippen LogP contribution in [-0.4, -0.2) is 40.3 Å². The summed E-state index contributed by atoms with van der Waals surface area (Å²) in [5.74, 6) is -0.840. The number of rotatable bonds is 3. The highest BCUT2D eigenvalue weighted by molar-refractivity contribution is 5.81. The molecule has 2 unspecified atom stereocenters. The van der Waals surface area contributed by atoms with Gasteiger partial charge in [-0.05, 0) is 52.0 Å². The Morgan fingerprint density at radius 3 is 2.61 bits per heavy atom. The Kier molecular flexibility index (Phi) is 4.97. The van der Waals surface area contributed by atoms with Crippen LogP contribution in [0, 0.1) is 12.8 Å². The van der Waals surface area contributed by atoms with Crippen molar-refractivity contribution in [2.24, 2.45) is 5.92 Å². The molecule has 1 N–H and O–H groups in total. The van der Waals surface area contributed by atoms with Gasteiger partial charge in [0.15, 0.2) is 0 Å². The molecule has 1 heterocycles. The predicted octanol–water partition coefficient (Wildman–Crippen LogP) is 3.25. The monoisotopic (exact) mass is 319 g/mol. The maximum absolute atomic E-state index is 12.3. The highest BCUT2D eigenvalue weighted by Crippen LogP contribution is 2.28. The van der Waals surface area contributed by atoms with Crippen LogP contribution < -0.4 is 0 Å². The molecule has 5 nitrogen and oxygen atoms in total. The molecule has 1 aliphatic rings. The minimum absolute atomic E-state index is 0.130. The zero-order valence-electron chi connectivity index (χ0n) is 14.2. The van der Waals surface area contributed by atoms with E-state index in [0.29, 0.717) is 13.0 Å². The van der Waals surface area contributed by atoms with Crippen LogP contribution in [0.4, 0.5) is 4.79 Å². The molecule has 0 aromatic heterocycles. The van der Waals surface area contributed by atoms with E-state index < -0.39 is 23.7 Å². The first-order valence-corrected chi connectivity index (χ1v) is 7.93. The molecule has 5 heteroatoms. The van der Waals surface area contributed by atoms with Gasteiger partial charge in [0, 0.05) is 6.54 Å². The summed E-state index contributed by atoms with van der Waals surface area (Å²) in [6.07, 6.45) is 0.685. The normalized spacial score (nSPS) is 21.3. The number of carbonyl (C=O) groups excluding carboxylic acids is 1. The van der Waals surface area contributed by atoms with Crippen molar-refractivity contribution in [3.63, 3.8) is 0 Å². The van der Waals surface area contributed by atoms with Crippen molar-refractivity contribution >= 4 is 12.1 Å². The summed E-state index contributed by atoms with van der Waals surface area (Å²) in [7, 11) is 0. The molecule has 0 radical (unpaired) electrons. The van der Waals surface area contributed by atoms with E-state index in [2.05, 4.69) is 6.07 Å². The molecule has 0 spiro atoms. The highest BCUT2D eigenvalue weighted by atomic mass is 16.6. The van der Waals surface area contributed by atoms with E-state index in [0.717, 1.165) is 6.42 Å². The molecule has 0 aliphatic carbocycles. The lowest BCUT2D eigenvalue weighted by molar-refractivity contribution is -0.142. The van der Waals surface area contributed by atoms with Crippen LogP contribution in [0.15, 0.2) is 24.3 Å². The van der Waals surface area contributed by atoms with Crippen molar-refractivity contribution in [1.29, 1.82) is 0 Å². The summed E-state index contributed by atoms with van der Waals surface area (Å²) in [6, 6.07) is 7.37. The van der Waals surface area contributed by atoms with Crippen LogP contribution in [0.5, 0.6) is 0 Å². The van der Waals surface area contributed by atoms with Gasteiger partial charge in [-0.25, -0.2) is 9.59 Å². The number of carboxylic acids is 1. The van der Waals surface area contributed by atoms with Crippen LogP contribution in [0.2, 0.25) is 0 Å². The molecule has 1 aliphatic heterocycles. The number of carbonyl (C=O) groups is 2. The average molecular weight is 319 g/mol. The summed E-state index contributed by atoms with van der Waals surface area (Å²) in [4.78, 5) is 25.1. The van der Waals surface area contributed by atoms with Crippen LogP contribution >= 0.6 is 0 Å². The maximum Gasteiger partial charge on any atom is 0.411 e. The van der Waals surface area contributed by atoms with Crippen LogP contribution in [0.3, 0.4) is 0 Å². The first kappa shape index (κ1) is 17.3. The van der Waals surface area contributed by atoms with Crippen molar-refractivity contribution in [1.82, 2.24) is 4.90 Å². The zero-order chi connectivity index (χ0) is 17.2. The number of aliphatic carboxylic acids is 1. The number of carboxylic acid groups (broad SMARTS) is 1. The molecule has 1 aromatic rings. The van der Waals surface area contributed by atoms with E-state index in [1.165, 1.54) is 16.0 Å². The van der Waals surface area contributed by atoms with Crippen molar-refractivity contribution in [3.05, 3.63) is 35.4 Å². The highest BCUT2D eigenvalue weighted by Gasteiger charge is 2.41. The Morgan fingerprint density at radius 2 is 2.04 bits per heavy atom. The van der Waals surface area contributed by atoms with Gasteiger partial charge in [0.2, 0.25) is 0 Å². The molecule has 2 rings (SSSR count). The van der Waals surface area contributed by atoms with Gasteiger partial charge in [-0.3, -0.25) is 4.90 Å². The van der Waals surface area contributed by atoms with Crippen molar-refractivity contribution in [2.75, 3.05) is 6.54 Å². The van der Waals surface area contributed by atoms with Gasteiger partial charge in [0.25, 0.3) is 0 Å². The largest absolute Gasteiger partial charge is 0.480 e. The number of nitrogens with zero attached hydrogens (tertiary/aromatic N) is 1. The number of likely N-dealkylation sites (tertiary alicyclic amines) is 1. The molecule has 1 amide bonds. The SMILES string of the molecule is Cc1cccc(CC2CC(C(=O)O)N(C(=O)OC(C)(C)C)C2)c1. The molecule has 23 heavy (non-hydrogen) atoms. The Hall–Kier alpha value is -2.04. The molecule has 0 bridgehead atoms. The summed E-state index contributed by atoms with van der Waals surface area (Å²) < 4.78 is 5.34. The second-order valence-corrected chi connectivity index (χ2v) is 7.28. The van der Waals surface area contributed by atoms with Crippen molar-refractivity contribution in [2.45, 2.75) is 52.2 Å². The third-order valence-electron chi connectivity index (χ3n) is 3.91. The smallest absolute Gasteiger partial charge is 0.411 e. The van der Waals surface area contributed by atoms with Crippen molar-refractivity contribution < 1.29 is 19.4 Å². The quantitative estimate of drug-likeness (QED) is 0.928. The van der Waals surface area contributed by atoms with Crippen LogP contribution in [0.1, 0.15) is 38.3 Å². The minimum atomic E-state index is -0.970. The van der Waals surface area contributed by atoms with Gasteiger partial charge in [-0.15, -0.1) is 0 Å².